The zero-order chi connectivity index (χ0) is 19.8. The Balaban J connectivity index is 1.53. The number of urea groups is 1. The van der Waals surface area contributed by atoms with E-state index in [9.17, 15) is 18.0 Å². The largest absolute Gasteiger partial charge is 0.418 e. The minimum Gasteiger partial charge on any atom is -0.370 e. The van der Waals surface area contributed by atoms with Gasteiger partial charge in [-0.15, -0.1) is 4.28 Å². The molecule has 3 atom stereocenters. The number of guanidine groups is 1. The molecular weight excluding hydrogens is 384 g/mol. The normalized spacial score (nSPS) is 28.0. The van der Waals surface area contributed by atoms with Crippen LogP contribution in [0.2, 0.25) is 0 Å². The Morgan fingerprint density at radius 3 is 2.78 bits per heavy atom. The van der Waals surface area contributed by atoms with E-state index in [1.54, 1.807) is 4.90 Å². The highest BCUT2D eigenvalue weighted by Gasteiger charge is 2.49. The molecule has 0 radical (unpaired) electrons. The fourth-order valence-electron chi connectivity index (χ4n) is 3.71. The van der Waals surface area contributed by atoms with Crippen LogP contribution in [-0.2, 0) is 24.3 Å². The van der Waals surface area contributed by atoms with Gasteiger partial charge in [0.15, 0.2) is 5.96 Å². The summed E-state index contributed by atoms with van der Waals surface area (Å²) in [5.41, 5.74) is 7.80. The molecule has 0 spiro atoms. The van der Waals surface area contributed by atoms with Gasteiger partial charge in [0, 0.05) is 13.1 Å². The Hall–Kier alpha value is -2.16. The summed E-state index contributed by atoms with van der Waals surface area (Å²) in [6, 6.07) is -2.32. The topological polar surface area (TPSA) is 179 Å². The molecule has 0 aromatic carbocycles. The number of nitrogens with two attached hydrogens (primary N) is 1. The van der Waals surface area contributed by atoms with Crippen molar-refractivity contribution in [1.82, 2.24) is 20.3 Å². The Kier molecular flexibility index (Phi) is 5.41. The van der Waals surface area contributed by atoms with E-state index in [2.05, 4.69) is 9.76 Å². The van der Waals surface area contributed by atoms with Gasteiger partial charge < -0.3 is 15.5 Å². The zero-order valence-electron chi connectivity index (χ0n) is 14.4. The van der Waals surface area contributed by atoms with Crippen molar-refractivity contribution >= 4 is 28.3 Å². The molecule has 3 saturated heterocycles. The average Bonchev–Trinajstić information content (AvgIpc) is 3.14. The summed E-state index contributed by atoms with van der Waals surface area (Å²) >= 11 is 0. The molecule has 3 aliphatic rings. The van der Waals surface area contributed by atoms with E-state index in [4.69, 9.17) is 20.5 Å². The second kappa shape index (κ2) is 7.46. The number of nitrogens with one attached hydrogen (secondary N) is 2. The van der Waals surface area contributed by atoms with Gasteiger partial charge in [0.05, 0.1) is 18.7 Å². The number of likely N-dealkylation sites (tertiary alicyclic amines) is 1. The van der Waals surface area contributed by atoms with Crippen molar-refractivity contribution in [2.75, 3.05) is 19.7 Å². The first kappa shape index (κ1) is 19.6. The first-order valence-corrected chi connectivity index (χ1v) is 9.83. The molecule has 27 heavy (non-hydrogen) atoms. The summed E-state index contributed by atoms with van der Waals surface area (Å²) in [4.78, 5) is 32.8. The van der Waals surface area contributed by atoms with Gasteiger partial charge in [-0.25, -0.2) is 10.3 Å². The third-order valence-electron chi connectivity index (χ3n) is 4.94. The Morgan fingerprint density at radius 1 is 1.37 bits per heavy atom. The molecule has 0 aromatic heterocycles. The van der Waals surface area contributed by atoms with Gasteiger partial charge in [-0.2, -0.15) is 13.5 Å². The van der Waals surface area contributed by atoms with Crippen LogP contribution >= 0.6 is 0 Å². The zero-order valence-corrected chi connectivity index (χ0v) is 15.2. The molecule has 3 heterocycles. The van der Waals surface area contributed by atoms with E-state index in [0.29, 0.717) is 24.4 Å². The number of piperidine rings is 1. The third kappa shape index (κ3) is 4.23. The van der Waals surface area contributed by atoms with Crippen LogP contribution < -0.4 is 11.2 Å². The lowest BCUT2D eigenvalue weighted by atomic mass is 10.0. The van der Waals surface area contributed by atoms with Crippen LogP contribution in [0.25, 0.3) is 0 Å². The third-order valence-corrected chi connectivity index (χ3v) is 5.28. The SMILES string of the molecule is N=C(N)N1CCCC1CONC(=O)[C@@H]1CCC2CN1C(=O)N2OS(=O)(=O)O. The molecule has 0 aliphatic carbocycles. The number of hydrogen-bond donors (Lipinski definition) is 4. The summed E-state index contributed by atoms with van der Waals surface area (Å²) in [7, 11) is -4.83. The highest BCUT2D eigenvalue weighted by Crippen LogP contribution is 2.30. The maximum atomic E-state index is 12.4. The Morgan fingerprint density at radius 2 is 2.11 bits per heavy atom. The molecular formula is C13H22N6O7S. The van der Waals surface area contributed by atoms with Gasteiger partial charge in [-0.3, -0.25) is 19.6 Å². The Labute approximate surface area is 155 Å². The highest BCUT2D eigenvalue weighted by molar-refractivity contribution is 7.80. The minimum atomic E-state index is -4.83. The average molecular weight is 406 g/mol. The van der Waals surface area contributed by atoms with Gasteiger partial charge >= 0.3 is 16.4 Å². The Bertz CT molecular complexity index is 731. The number of amides is 3. The molecule has 152 valence electrons. The number of hydrogen-bond acceptors (Lipinski definition) is 7. The van der Waals surface area contributed by atoms with Gasteiger partial charge in [-0.05, 0) is 25.7 Å². The van der Waals surface area contributed by atoms with Crippen molar-refractivity contribution in [3.8, 4) is 0 Å². The maximum absolute atomic E-state index is 12.4. The van der Waals surface area contributed by atoms with E-state index < -0.39 is 34.4 Å². The van der Waals surface area contributed by atoms with Gasteiger partial charge in [0.1, 0.15) is 6.04 Å². The van der Waals surface area contributed by atoms with Crippen molar-refractivity contribution in [3.05, 3.63) is 0 Å². The minimum absolute atomic E-state index is 0.0488. The molecule has 3 amide bonds. The number of rotatable bonds is 6. The fraction of sp³-hybridized carbons (Fsp3) is 0.769. The molecule has 13 nitrogen and oxygen atoms in total. The summed E-state index contributed by atoms with van der Waals surface area (Å²) in [6.07, 6.45) is 2.28. The molecule has 0 aromatic rings. The predicted molar refractivity (Wildman–Crippen MR) is 89.1 cm³/mol. The summed E-state index contributed by atoms with van der Waals surface area (Å²) in [6.45, 7) is 0.910. The van der Waals surface area contributed by atoms with Crippen LogP contribution in [0.4, 0.5) is 4.79 Å². The van der Waals surface area contributed by atoms with Crippen LogP contribution in [0.1, 0.15) is 25.7 Å². The maximum Gasteiger partial charge on any atom is 0.418 e. The van der Waals surface area contributed by atoms with Crippen molar-refractivity contribution in [3.63, 3.8) is 0 Å². The van der Waals surface area contributed by atoms with Crippen LogP contribution in [0.3, 0.4) is 0 Å². The second-order valence-electron chi connectivity index (χ2n) is 6.66. The fourth-order valence-corrected chi connectivity index (χ4v) is 4.10. The molecule has 3 fully saturated rings. The van der Waals surface area contributed by atoms with Crippen molar-refractivity contribution in [2.24, 2.45) is 5.73 Å². The van der Waals surface area contributed by atoms with Crippen LogP contribution in [-0.4, -0.2) is 83.6 Å². The van der Waals surface area contributed by atoms with Crippen LogP contribution in [0.15, 0.2) is 0 Å². The lowest BCUT2D eigenvalue weighted by Crippen LogP contribution is -2.50. The lowest BCUT2D eigenvalue weighted by molar-refractivity contribution is -0.139. The molecule has 2 unspecified atom stereocenters. The predicted octanol–water partition coefficient (Wildman–Crippen LogP) is -1.60. The van der Waals surface area contributed by atoms with E-state index in [1.807, 2.05) is 0 Å². The second-order valence-corrected chi connectivity index (χ2v) is 7.67. The van der Waals surface area contributed by atoms with Crippen LogP contribution in [0, 0.1) is 5.41 Å². The molecule has 0 saturated carbocycles. The standard InChI is InChI=1S/C13H22N6O7S/c14-12(15)17-5-1-2-9(17)7-25-16-11(20)10-4-3-8-6-18(10)13(21)19(8)26-27(22,23)24/h8-10H,1-7H2,(H3,14,15)(H,16,20)(H,22,23,24)/t8?,9?,10-/m0/s1. The van der Waals surface area contributed by atoms with Gasteiger partial charge in [0.2, 0.25) is 0 Å². The van der Waals surface area contributed by atoms with E-state index in [0.717, 1.165) is 12.8 Å². The smallest absolute Gasteiger partial charge is 0.370 e. The number of carbonyl (C=O) groups excluding carboxylic acids is 2. The molecule has 14 heteroatoms. The monoisotopic (exact) mass is 406 g/mol. The van der Waals surface area contributed by atoms with E-state index in [-0.39, 0.29) is 25.2 Å². The van der Waals surface area contributed by atoms with E-state index >= 15 is 0 Å². The highest BCUT2D eigenvalue weighted by atomic mass is 32.3. The van der Waals surface area contributed by atoms with Gasteiger partial charge in [0.25, 0.3) is 5.91 Å². The number of hydroxylamine groups is 3. The number of fused-ring (bicyclic) bond motifs is 2. The molecule has 3 rings (SSSR count). The van der Waals surface area contributed by atoms with E-state index in [1.165, 1.54) is 4.90 Å². The van der Waals surface area contributed by atoms with Crippen LogP contribution in [0.5, 0.6) is 0 Å². The summed E-state index contributed by atoms with van der Waals surface area (Å²) < 4.78 is 34.8. The summed E-state index contributed by atoms with van der Waals surface area (Å²) in [5, 5.41) is 8.08. The lowest BCUT2D eigenvalue weighted by Gasteiger charge is -2.29. The van der Waals surface area contributed by atoms with Crippen molar-refractivity contribution in [1.29, 1.82) is 5.41 Å². The van der Waals surface area contributed by atoms with Crippen molar-refractivity contribution < 1.29 is 31.7 Å². The molecule has 5 N–H and O–H groups in total. The number of carbonyl (C=O) groups is 2. The molecule has 2 bridgehead atoms. The molecule has 3 aliphatic heterocycles. The summed E-state index contributed by atoms with van der Waals surface area (Å²) in [5.74, 6) is -0.588. The van der Waals surface area contributed by atoms with Gasteiger partial charge in [-0.1, -0.05) is 0 Å². The quantitative estimate of drug-likeness (QED) is 0.175. The first-order chi connectivity index (χ1) is 12.7. The first-order valence-electron chi connectivity index (χ1n) is 8.46. The van der Waals surface area contributed by atoms with Crippen molar-refractivity contribution in [2.45, 2.75) is 43.8 Å². The number of nitrogens with zero attached hydrogens (tertiary/aromatic N) is 3.